The molecule has 0 aliphatic rings. The first-order chi connectivity index (χ1) is 12.9. The molecule has 0 unspecified atom stereocenters. The molecule has 0 fully saturated rings. The van der Waals surface area contributed by atoms with E-state index in [2.05, 4.69) is 38.5 Å². The Morgan fingerprint density at radius 3 is 2.59 bits per heavy atom. The Bertz CT molecular complexity index is 964. The fourth-order valence-corrected chi connectivity index (χ4v) is 3.64. The number of pyridine rings is 2. The van der Waals surface area contributed by atoms with Crippen LogP contribution in [0.2, 0.25) is 5.02 Å². The Labute approximate surface area is 165 Å². The quantitative estimate of drug-likeness (QED) is 0.657. The van der Waals surface area contributed by atoms with Gasteiger partial charge in [0.25, 0.3) is 0 Å². The highest BCUT2D eigenvalue weighted by Crippen LogP contribution is 2.34. The van der Waals surface area contributed by atoms with Crippen LogP contribution in [-0.2, 0) is 11.3 Å². The van der Waals surface area contributed by atoms with Gasteiger partial charge < -0.3 is 15.0 Å². The second-order valence-electron chi connectivity index (χ2n) is 7.30. The van der Waals surface area contributed by atoms with E-state index in [1.165, 1.54) is 0 Å². The lowest BCUT2D eigenvalue weighted by Gasteiger charge is -2.15. The van der Waals surface area contributed by atoms with E-state index in [0.29, 0.717) is 24.1 Å². The summed E-state index contributed by atoms with van der Waals surface area (Å²) in [5.74, 6) is 0.341. The molecule has 0 saturated heterocycles. The molecule has 3 aromatic heterocycles. The Morgan fingerprint density at radius 1 is 1.22 bits per heavy atom. The minimum Gasteiger partial charge on any atom is -0.383 e. The summed E-state index contributed by atoms with van der Waals surface area (Å²) in [5.41, 5.74) is 12.5. The smallest absolute Gasteiger partial charge is 0.0918 e. The third kappa shape index (κ3) is 3.72. The predicted molar refractivity (Wildman–Crippen MR) is 111 cm³/mol. The summed E-state index contributed by atoms with van der Waals surface area (Å²) in [6.07, 6.45) is 2.10. The van der Waals surface area contributed by atoms with Crippen LogP contribution in [0.15, 0.2) is 24.4 Å². The third-order valence-electron chi connectivity index (χ3n) is 4.86. The highest BCUT2D eigenvalue weighted by molar-refractivity contribution is 6.33. The topological polar surface area (TPSA) is 66.0 Å². The van der Waals surface area contributed by atoms with Crippen LogP contribution in [-0.4, -0.2) is 28.3 Å². The second-order valence-corrected chi connectivity index (χ2v) is 7.71. The van der Waals surface area contributed by atoms with Gasteiger partial charge in [-0.25, -0.2) is 4.98 Å². The van der Waals surface area contributed by atoms with Gasteiger partial charge in [-0.2, -0.15) is 0 Å². The number of aromatic nitrogens is 3. The number of ether oxygens (including phenoxy) is 1. The lowest BCUT2D eigenvalue weighted by molar-refractivity contribution is 0.164. The van der Waals surface area contributed by atoms with Crippen LogP contribution < -0.4 is 5.73 Å². The largest absolute Gasteiger partial charge is 0.383 e. The molecular formula is C21H27ClN4O. The summed E-state index contributed by atoms with van der Waals surface area (Å²) in [7, 11) is 1.71. The van der Waals surface area contributed by atoms with Crippen molar-refractivity contribution >= 4 is 22.6 Å². The molecule has 6 heteroatoms. The van der Waals surface area contributed by atoms with E-state index in [0.717, 1.165) is 39.2 Å². The number of rotatable bonds is 6. The molecule has 27 heavy (non-hydrogen) atoms. The van der Waals surface area contributed by atoms with Crippen molar-refractivity contribution in [1.29, 1.82) is 0 Å². The van der Waals surface area contributed by atoms with Crippen LogP contribution in [0, 0.1) is 6.92 Å². The van der Waals surface area contributed by atoms with Crippen molar-refractivity contribution < 1.29 is 4.74 Å². The molecule has 3 aromatic rings. The van der Waals surface area contributed by atoms with E-state index in [1.54, 1.807) is 7.11 Å². The summed E-state index contributed by atoms with van der Waals surface area (Å²) in [6.45, 7) is 9.38. The van der Waals surface area contributed by atoms with Crippen LogP contribution >= 0.6 is 11.6 Å². The van der Waals surface area contributed by atoms with Crippen LogP contribution in [0.25, 0.3) is 22.3 Å². The summed E-state index contributed by atoms with van der Waals surface area (Å²) in [6, 6.07) is 6.24. The van der Waals surface area contributed by atoms with Gasteiger partial charge in [0, 0.05) is 31.1 Å². The van der Waals surface area contributed by atoms with Crippen molar-refractivity contribution in [3.63, 3.8) is 0 Å². The van der Waals surface area contributed by atoms with Gasteiger partial charge in [-0.15, -0.1) is 0 Å². The minimum atomic E-state index is 0.196. The normalized spacial score (nSPS) is 12.9. The Kier molecular flexibility index (Phi) is 5.84. The molecule has 3 rings (SSSR count). The second kappa shape index (κ2) is 7.97. The Balaban J connectivity index is 2.17. The first kappa shape index (κ1) is 19.8. The summed E-state index contributed by atoms with van der Waals surface area (Å²) >= 11 is 6.66. The Morgan fingerprint density at radius 2 is 1.96 bits per heavy atom. The molecule has 0 spiro atoms. The van der Waals surface area contributed by atoms with E-state index in [-0.39, 0.29) is 6.04 Å². The molecule has 1 atom stereocenters. The highest BCUT2D eigenvalue weighted by Gasteiger charge is 2.18. The fraction of sp³-hybridized carbons (Fsp3) is 0.429. The molecule has 2 N–H and O–H groups in total. The number of aryl methyl sites for hydroxylation is 1. The van der Waals surface area contributed by atoms with Crippen LogP contribution in [0.4, 0.5) is 0 Å². The minimum absolute atomic E-state index is 0.196. The van der Waals surface area contributed by atoms with E-state index in [4.69, 9.17) is 32.0 Å². The maximum absolute atomic E-state index is 6.66. The molecule has 0 aliphatic heterocycles. The van der Waals surface area contributed by atoms with Crippen molar-refractivity contribution in [1.82, 2.24) is 14.5 Å². The monoisotopic (exact) mass is 386 g/mol. The first-order valence-corrected chi connectivity index (χ1v) is 9.62. The predicted octanol–water partition coefficient (Wildman–Crippen LogP) is 4.85. The lowest BCUT2D eigenvalue weighted by Crippen LogP contribution is -2.10. The maximum atomic E-state index is 6.66. The van der Waals surface area contributed by atoms with E-state index in [9.17, 15) is 0 Å². The van der Waals surface area contributed by atoms with Gasteiger partial charge in [-0.1, -0.05) is 25.4 Å². The van der Waals surface area contributed by atoms with Crippen molar-refractivity contribution in [2.75, 3.05) is 13.7 Å². The molecule has 0 amide bonds. The number of hydrogen-bond donors (Lipinski definition) is 1. The molecule has 0 saturated carbocycles. The zero-order valence-electron chi connectivity index (χ0n) is 16.6. The molecule has 144 valence electrons. The third-order valence-corrected chi connectivity index (χ3v) is 5.15. The van der Waals surface area contributed by atoms with Gasteiger partial charge >= 0.3 is 0 Å². The van der Waals surface area contributed by atoms with Crippen molar-refractivity contribution in [3.05, 3.63) is 46.4 Å². The van der Waals surface area contributed by atoms with Crippen molar-refractivity contribution in [2.24, 2.45) is 5.73 Å². The standard InChI is InChI=1S/C21H27ClN4O/c1-12(2)17-7-6-15(18(9-23)24-17)21-16(22)8-19-20(25-21)13(3)10-26(19)14(4)11-27-5/h6-8,10,12,14H,9,11,23H2,1-5H3/t14-/m0/s1. The maximum Gasteiger partial charge on any atom is 0.0918 e. The van der Waals surface area contributed by atoms with Crippen LogP contribution in [0.1, 0.15) is 49.7 Å². The van der Waals surface area contributed by atoms with Crippen molar-refractivity contribution in [2.45, 2.75) is 46.2 Å². The van der Waals surface area contributed by atoms with Gasteiger partial charge in [-0.3, -0.25) is 4.98 Å². The fourth-order valence-electron chi connectivity index (χ4n) is 3.39. The molecule has 5 nitrogen and oxygen atoms in total. The molecular weight excluding hydrogens is 360 g/mol. The van der Waals surface area contributed by atoms with Crippen molar-refractivity contribution in [3.8, 4) is 11.3 Å². The number of methoxy groups -OCH3 is 1. The summed E-state index contributed by atoms with van der Waals surface area (Å²) in [5, 5.41) is 0.597. The average molecular weight is 387 g/mol. The van der Waals surface area contributed by atoms with Crippen LogP contribution in [0.5, 0.6) is 0 Å². The number of nitrogens with zero attached hydrogens (tertiary/aromatic N) is 3. The SMILES string of the molecule is COC[C@H](C)n1cc(C)c2nc(-c3ccc(C(C)C)nc3CN)c(Cl)cc21. The van der Waals surface area contributed by atoms with E-state index < -0.39 is 0 Å². The molecule has 0 bridgehead atoms. The Hall–Kier alpha value is -1.95. The number of hydrogen-bond acceptors (Lipinski definition) is 4. The molecule has 0 aliphatic carbocycles. The van der Waals surface area contributed by atoms with Gasteiger partial charge in [0.15, 0.2) is 0 Å². The summed E-state index contributed by atoms with van der Waals surface area (Å²) in [4.78, 5) is 9.62. The zero-order valence-corrected chi connectivity index (χ0v) is 17.3. The van der Waals surface area contributed by atoms with Gasteiger partial charge in [-0.05, 0) is 43.5 Å². The van der Waals surface area contributed by atoms with Gasteiger partial charge in [0.2, 0.25) is 0 Å². The van der Waals surface area contributed by atoms with E-state index in [1.807, 2.05) is 18.2 Å². The number of nitrogens with two attached hydrogens (primary N) is 1. The summed E-state index contributed by atoms with van der Waals surface area (Å²) < 4.78 is 7.47. The van der Waals surface area contributed by atoms with Gasteiger partial charge in [0.05, 0.1) is 40.1 Å². The zero-order chi connectivity index (χ0) is 19.7. The number of fused-ring (bicyclic) bond motifs is 1. The highest BCUT2D eigenvalue weighted by atomic mass is 35.5. The molecule has 3 heterocycles. The number of halogens is 1. The van der Waals surface area contributed by atoms with E-state index >= 15 is 0 Å². The van der Waals surface area contributed by atoms with Gasteiger partial charge in [0.1, 0.15) is 0 Å². The molecule has 0 aromatic carbocycles. The average Bonchev–Trinajstić information content (AvgIpc) is 2.96. The molecule has 0 radical (unpaired) electrons. The lowest BCUT2D eigenvalue weighted by atomic mass is 10.0. The van der Waals surface area contributed by atoms with Crippen LogP contribution in [0.3, 0.4) is 0 Å². The first-order valence-electron chi connectivity index (χ1n) is 9.24.